The third kappa shape index (κ3) is 4.46. The third-order valence-electron chi connectivity index (χ3n) is 7.52. The molecule has 1 amide bonds. The Morgan fingerprint density at radius 2 is 1.74 bits per heavy atom. The van der Waals surface area contributed by atoms with Crippen molar-refractivity contribution in [2.24, 2.45) is 5.92 Å². The SMILES string of the molecule is Cc1nc(C)c(C2(C)c3ccccc3CC2C(=O)Nc2nc(Cc3ccc(-c4ccncc4)cc3)cs2)s1. The first-order valence-corrected chi connectivity index (χ1v) is 14.4. The molecule has 38 heavy (non-hydrogen) atoms. The summed E-state index contributed by atoms with van der Waals surface area (Å²) >= 11 is 3.18. The van der Waals surface area contributed by atoms with E-state index in [2.05, 4.69) is 72.7 Å². The molecule has 1 aliphatic carbocycles. The van der Waals surface area contributed by atoms with Crippen molar-refractivity contribution in [3.63, 3.8) is 0 Å². The van der Waals surface area contributed by atoms with Crippen LogP contribution in [0.15, 0.2) is 78.4 Å². The average Bonchev–Trinajstić information content (AvgIpc) is 3.61. The average molecular weight is 537 g/mol. The van der Waals surface area contributed by atoms with E-state index in [1.807, 2.05) is 24.4 Å². The molecule has 5 aromatic rings. The van der Waals surface area contributed by atoms with Crippen LogP contribution in [0.3, 0.4) is 0 Å². The fraction of sp³-hybridized carbons (Fsp3) is 0.226. The maximum Gasteiger partial charge on any atom is 0.230 e. The molecule has 0 bridgehead atoms. The summed E-state index contributed by atoms with van der Waals surface area (Å²) in [6, 6.07) is 21.0. The fourth-order valence-corrected chi connectivity index (χ4v) is 7.52. The molecule has 7 heteroatoms. The van der Waals surface area contributed by atoms with Crippen LogP contribution in [0.1, 0.15) is 44.9 Å². The second-order valence-electron chi connectivity index (χ2n) is 10.0. The van der Waals surface area contributed by atoms with Gasteiger partial charge in [-0.25, -0.2) is 9.97 Å². The van der Waals surface area contributed by atoms with Crippen molar-refractivity contribution in [2.75, 3.05) is 5.32 Å². The number of hydrogen-bond donors (Lipinski definition) is 1. The second-order valence-corrected chi connectivity index (χ2v) is 12.1. The van der Waals surface area contributed by atoms with Crippen LogP contribution in [0.25, 0.3) is 11.1 Å². The molecule has 0 radical (unpaired) electrons. The number of rotatable bonds is 6. The number of amides is 1. The monoisotopic (exact) mass is 536 g/mol. The highest BCUT2D eigenvalue weighted by Gasteiger charge is 2.49. The normalized spacial score (nSPS) is 18.3. The molecular formula is C31H28N4OS2. The van der Waals surface area contributed by atoms with Crippen molar-refractivity contribution in [3.05, 3.63) is 116 Å². The van der Waals surface area contributed by atoms with E-state index in [1.165, 1.54) is 32.9 Å². The molecule has 0 fully saturated rings. The zero-order valence-corrected chi connectivity index (χ0v) is 23.2. The molecule has 5 nitrogen and oxygen atoms in total. The maximum absolute atomic E-state index is 13.8. The number of anilines is 1. The Labute approximate surface area is 230 Å². The smallest absolute Gasteiger partial charge is 0.230 e. The van der Waals surface area contributed by atoms with Crippen molar-refractivity contribution in [2.45, 2.75) is 39.0 Å². The van der Waals surface area contributed by atoms with Crippen LogP contribution < -0.4 is 5.32 Å². The Bertz CT molecular complexity index is 1610. The largest absolute Gasteiger partial charge is 0.302 e. The van der Waals surface area contributed by atoms with Crippen LogP contribution in [0.4, 0.5) is 5.13 Å². The summed E-state index contributed by atoms with van der Waals surface area (Å²) < 4.78 is 0. The first-order chi connectivity index (χ1) is 18.4. The summed E-state index contributed by atoms with van der Waals surface area (Å²) in [5, 5.41) is 6.86. The van der Waals surface area contributed by atoms with Crippen molar-refractivity contribution in [3.8, 4) is 11.1 Å². The van der Waals surface area contributed by atoms with Crippen LogP contribution in [0, 0.1) is 19.8 Å². The Hall–Kier alpha value is -3.68. The van der Waals surface area contributed by atoms with E-state index < -0.39 is 5.41 Å². The number of carbonyl (C=O) groups excluding carboxylic acids is 1. The summed E-state index contributed by atoms with van der Waals surface area (Å²) in [5.41, 5.74) is 7.49. The minimum atomic E-state index is -0.423. The predicted molar refractivity (Wildman–Crippen MR) is 155 cm³/mol. The summed E-state index contributed by atoms with van der Waals surface area (Å²) in [7, 11) is 0. The number of pyridine rings is 1. The van der Waals surface area contributed by atoms with Crippen LogP contribution in [0.2, 0.25) is 0 Å². The van der Waals surface area contributed by atoms with Crippen molar-refractivity contribution >= 4 is 33.7 Å². The fourth-order valence-electron chi connectivity index (χ4n) is 5.67. The molecule has 1 N–H and O–H groups in total. The molecule has 2 aromatic carbocycles. The first kappa shape index (κ1) is 24.6. The molecular weight excluding hydrogens is 509 g/mol. The summed E-state index contributed by atoms with van der Waals surface area (Å²) in [6.07, 6.45) is 5.04. The molecule has 0 aliphatic heterocycles. The summed E-state index contributed by atoms with van der Waals surface area (Å²) in [6.45, 7) is 6.28. The van der Waals surface area contributed by atoms with Gasteiger partial charge in [0.25, 0.3) is 0 Å². The summed E-state index contributed by atoms with van der Waals surface area (Å²) in [4.78, 5) is 28.5. The molecule has 2 unspecified atom stereocenters. The number of carbonyl (C=O) groups is 1. The highest BCUT2D eigenvalue weighted by atomic mass is 32.1. The minimum Gasteiger partial charge on any atom is -0.302 e. The highest BCUT2D eigenvalue weighted by Crippen LogP contribution is 2.50. The molecule has 0 spiro atoms. The topological polar surface area (TPSA) is 67.8 Å². The lowest BCUT2D eigenvalue weighted by atomic mass is 9.74. The van der Waals surface area contributed by atoms with Crippen molar-refractivity contribution in [1.82, 2.24) is 15.0 Å². The van der Waals surface area contributed by atoms with E-state index in [-0.39, 0.29) is 11.8 Å². The van der Waals surface area contributed by atoms with Gasteiger partial charge in [0.15, 0.2) is 5.13 Å². The van der Waals surface area contributed by atoms with Gasteiger partial charge in [0.2, 0.25) is 5.91 Å². The van der Waals surface area contributed by atoms with E-state index in [9.17, 15) is 4.79 Å². The zero-order chi connectivity index (χ0) is 26.3. The van der Waals surface area contributed by atoms with Gasteiger partial charge in [-0.05, 0) is 67.1 Å². The van der Waals surface area contributed by atoms with Gasteiger partial charge in [0.05, 0.1) is 22.3 Å². The molecule has 3 aromatic heterocycles. The number of fused-ring (bicyclic) bond motifs is 1. The molecule has 1 aliphatic rings. The van der Waals surface area contributed by atoms with E-state index in [0.717, 1.165) is 33.9 Å². The Morgan fingerprint density at radius 3 is 2.47 bits per heavy atom. The molecule has 3 heterocycles. The summed E-state index contributed by atoms with van der Waals surface area (Å²) in [5.74, 6) is -0.219. The quantitative estimate of drug-likeness (QED) is 0.254. The lowest BCUT2D eigenvalue weighted by Crippen LogP contribution is -2.38. The Kier molecular flexibility index (Phi) is 6.41. The number of aryl methyl sites for hydroxylation is 2. The van der Waals surface area contributed by atoms with Gasteiger partial charge in [0.1, 0.15) is 0 Å². The van der Waals surface area contributed by atoms with Crippen molar-refractivity contribution in [1.29, 1.82) is 0 Å². The number of aromatic nitrogens is 3. The third-order valence-corrected chi connectivity index (χ3v) is 9.64. The standard InChI is InChI=1S/C31H28N4OS2/c1-19-28(38-20(2)33-19)31(3)26-7-5-4-6-24(26)17-27(31)29(36)35-30-34-25(18-37-30)16-21-8-10-22(11-9-21)23-12-14-32-15-13-23/h4-15,18,27H,16-17H2,1-3H3,(H,34,35,36). The molecule has 2 atom stereocenters. The van der Waals surface area contributed by atoms with E-state index in [0.29, 0.717) is 11.6 Å². The van der Waals surface area contributed by atoms with Crippen LogP contribution >= 0.6 is 22.7 Å². The highest BCUT2D eigenvalue weighted by molar-refractivity contribution is 7.14. The van der Waals surface area contributed by atoms with Gasteiger partial charge in [-0.3, -0.25) is 9.78 Å². The van der Waals surface area contributed by atoms with Gasteiger partial charge < -0.3 is 5.32 Å². The van der Waals surface area contributed by atoms with Gasteiger partial charge in [-0.15, -0.1) is 22.7 Å². The lowest BCUT2D eigenvalue weighted by Gasteiger charge is -2.31. The number of benzene rings is 2. The van der Waals surface area contributed by atoms with Gasteiger partial charge in [0, 0.05) is 34.5 Å². The lowest BCUT2D eigenvalue weighted by molar-refractivity contribution is -0.121. The molecule has 6 rings (SSSR count). The number of thiazole rings is 2. The van der Waals surface area contributed by atoms with E-state index >= 15 is 0 Å². The van der Waals surface area contributed by atoms with Gasteiger partial charge in [-0.2, -0.15) is 0 Å². The molecule has 190 valence electrons. The van der Waals surface area contributed by atoms with Crippen LogP contribution in [-0.2, 0) is 23.1 Å². The number of nitrogens with one attached hydrogen (secondary N) is 1. The number of nitrogens with zero attached hydrogens (tertiary/aromatic N) is 3. The van der Waals surface area contributed by atoms with E-state index in [4.69, 9.17) is 9.97 Å². The molecule has 0 saturated carbocycles. The predicted octanol–water partition coefficient (Wildman–Crippen LogP) is 6.99. The van der Waals surface area contributed by atoms with Gasteiger partial charge >= 0.3 is 0 Å². The second kappa shape index (κ2) is 9.89. The Balaban J connectivity index is 1.20. The van der Waals surface area contributed by atoms with Crippen LogP contribution in [-0.4, -0.2) is 20.9 Å². The first-order valence-electron chi connectivity index (χ1n) is 12.7. The Morgan fingerprint density at radius 1 is 1.00 bits per heavy atom. The van der Waals surface area contributed by atoms with Crippen LogP contribution in [0.5, 0.6) is 0 Å². The minimum absolute atomic E-state index is 0.0109. The van der Waals surface area contributed by atoms with Gasteiger partial charge in [-0.1, -0.05) is 48.5 Å². The van der Waals surface area contributed by atoms with Crippen molar-refractivity contribution < 1.29 is 4.79 Å². The molecule has 0 saturated heterocycles. The van der Waals surface area contributed by atoms with E-state index in [1.54, 1.807) is 23.7 Å². The number of hydrogen-bond acceptors (Lipinski definition) is 6. The zero-order valence-electron chi connectivity index (χ0n) is 21.6. The maximum atomic E-state index is 13.8.